The first-order chi connectivity index (χ1) is 36.2. The molecule has 24 heteroatoms. The first kappa shape index (κ1) is 54.4. The van der Waals surface area contributed by atoms with Crippen molar-refractivity contribution in [1.82, 2.24) is 49.0 Å². The number of benzene rings is 2. The van der Waals surface area contributed by atoms with Crippen molar-refractivity contribution in [3.05, 3.63) is 80.3 Å². The fraction of sp³-hybridized carbons (Fsp3) is 0.471. The Labute approximate surface area is 441 Å². The fourth-order valence-corrected chi connectivity index (χ4v) is 11.1. The number of ether oxygens (including phenoxy) is 2. The number of imidazole rings is 2. The van der Waals surface area contributed by atoms with Gasteiger partial charge in [-0.1, -0.05) is 19.1 Å². The number of allylic oxidation sites excluding steroid dienone is 2. The summed E-state index contributed by atoms with van der Waals surface area (Å²) in [4.78, 5) is 84.9. The number of hydrogen-bond acceptors (Lipinski definition) is 15. The lowest BCUT2D eigenvalue weighted by Gasteiger charge is -2.34. The van der Waals surface area contributed by atoms with Gasteiger partial charge in [-0.2, -0.15) is 5.10 Å². The summed E-state index contributed by atoms with van der Waals surface area (Å²) in [5, 5.41) is 14.1. The Kier molecular flexibility index (Phi) is 17.9. The number of piperazine rings is 1. The predicted molar refractivity (Wildman–Crippen MR) is 286 cm³/mol. The van der Waals surface area contributed by atoms with Crippen molar-refractivity contribution in [2.75, 3.05) is 75.9 Å². The molecular weight excluding hydrogens is 1000 g/mol. The van der Waals surface area contributed by atoms with Crippen LogP contribution in [0.5, 0.6) is 5.75 Å². The summed E-state index contributed by atoms with van der Waals surface area (Å²) in [6, 6.07) is 6.31. The molecular formula is C51H65FN14O7S2. The van der Waals surface area contributed by atoms with Crippen molar-refractivity contribution in [3.63, 3.8) is 0 Å². The van der Waals surface area contributed by atoms with Crippen LogP contribution in [-0.4, -0.2) is 139 Å². The molecule has 2 aliphatic heterocycles. The van der Waals surface area contributed by atoms with Gasteiger partial charge in [0.15, 0.2) is 11.5 Å². The van der Waals surface area contributed by atoms with Gasteiger partial charge in [0.05, 0.1) is 46.2 Å². The largest absolute Gasteiger partial charge is 0.491 e. The second kappa shape index (κ2) is 24.6. The second-order valence-electron chi connectivity index (χ2n) is 18.5. The van der Waals surface area contributed by atoms with Crippen LogP contribution >= 0.6 is 23.1 Å². The molecule has 2 saturated heterocycles. The highest BCUT2D eigenvalue weighted by atomic mass is 32.2. The van der Waals surface area contributed by atoms with Crippen molar-refractivity contribution < 1.29 is 37.8 Å². The van der Waals surface area contributed by atoms with E-state index in [-0.39, 0.29) is 83.9 Å². The van der Waals surface area contributed by atoms with Gasteiger partial charge in [0.2, 0.25) is 23.7 Å². The third kappa shape index (κ3) is 12.6. The number of aromatic nitrogens is 7. The number of fused-ring (bicyclic) bond motifs is 2. The minimum absolute atomic E-state index is 0.0291. The van der Waals surface area contributed by atoms with E-state index in [4.69, 9.17) is 30.9 Å². The average Bonchev–Trinajstić information content (AvgIpc) is 4.15. The van der Waals surface area contributed by atoms with E-state index >= 15 is 4.39 Å². The molecule has 2 aromatic carbocycles. The first-order valence-corrected chi connectivity index (χ1v) is 27.4. The summed E-state index contributed by atoms with van der Waals surface area (Å²) in [5.41, 5.74) is 14.2. The van der Waals surface area contributed by atoms with Gasteiger partial charge in [0, 0.05) is 68.4 Å². The monoisotopic (exact) mass is 1070 g/mol. The second-order valence-corrected chi connectivity index (χ2v) is 20.5. The third-order valence-electron chi connectivity index (χ3n) is 13.5. The maximum absolute atomic E-state index is 15.5. The maximum Gasteiger partial charge on any atom is 0.409 e. The number of thioether (sulfide) groups is 1. The summed E-state index contributed by atoms with van der Waals surface area (Å²) in [6.45, 7) is 13.4. The number of nitrogens with two attached hydrogens (primary N) is 2. The minimum Gasteiger partial charge on any atom is -0.491 e. The number of rotatable bonds is 22. The van der Waals surface area contributed by atoms with Crippen LogP contribution in [0.15, 0.2) is 41.3 Å². The van der Waals surface area contributed by atoms with Crippen molar-refractivity contribution in [2.45, 2.75) is 90.7 Å². The van der Waals surface area contributed by atoms with E-state index in [1.54, 1.807) is 28.5 Å². The number of piperidine rings is 1. The summed E-state index contributed by atoms with van der Waals surface area (Å²) in [5.74, 6) is -2.06. The van der Waals surface area contributed by atoms with Gasteiger partial charge in [0.25, 0.3) is 11.8 Å². The number of hydrogen-bond donors (Lipinski definition) is 5. The van der Waals surface area contributed by atoms with Gasteiger partial charge in [0.1, 0.15) is 16.1 Å². The predicted octanol–water partition coefficient (Wildman–Crippen LogP) is 6.36. The van der Waals surface area contributed by atoms with E-state index in [1.165, 1.54) is 59.7 Å². The number of nitrogens with one attached hydrogen (secondary N) is 3. The molecule has 0 radical (unpaired) electrons. The Bertz CT molecular complexity index is 3110. The zero-order valence-corrected chi connectivity index (χ0v) is 44.6. The molecule has 7 N–H and O–H groups in total. The molecule has 0 unspecified atom stereocenters. The van der Waals surface area contributed by atoms with Gasteiger partial charge in [-0.3, -0.25) is 39.4 Å². The molecule has 0 atom stereocenters. The number of halogens is 1. The number of aryl methyl sites for hydroxylation is 4. The maximum atomic E-state index is 15.5. The van der Waals surface area contributed by atoms with Gasteiger partial charge in [-0.05, 0) is 109 Å². The van der Waals surface area contributed by atoms with Crippen LogP contribution in [-0.2, 0) is 30.8 Å². The molecule has 6 heterocycles. The Balaban J connectivity index is 1.03. The minimum atomic E-state index is -0.790. The normalized spacial score (nSPS) is 14.6. The van der Waals surface area contributed by atoms with Crippen LogP contribution in [0.1, 0.15) is 103 Å². The molecule has 8 rings (SSSR count). The number of carbonyl (C=O) groups is 5. The topological polar surface area (TPSA) is 265 Å². The Hall–Kier alpha value is -6.89. The molecule has 2 fully saturated rings. The molecule has 0 spiro atoms. The molecule has 75 heavy (non-hydrogen) atoms. The van der Waals surface area contributed by atoms with Crippen LogP contribution in [0.3, 0.4) is 0 Å². The zero-order chi connectivity index (χ0) is 53.3. The van der Waals surface area contributed by atoms with Gasteiger partial charge >= 0.3 is 6.09 Å². The van der Waals surface area contributed by atoms with Crippen LogP contribution in [0, 0.1) is 25.6 Å². The molecule has 0 bridgehead atoms. The molecule has 21 nitrogen and oxygen atoms in total. The van der Waals surface area contributed by atoms with Crippen LogP contribution in [0.2, 0.25) is 0 Å². The van der Waals surface area contributed by atoms with Gasteiger partial charge in [-0.15, -0.1) is 23.1 Å². The highest BCUT2D eigenvalue weighted by Gasteiger charge is 2.27. The van der Waals surface area contributed by atoms with Crippen molar-refractivity contribution >= 4 is 86.8 Å². The standard InChI is InChI=1S/C51H65FN14O7S2/c1-6-35-44(75-31(4)56-35)48(70)60-50-58-37-27-34(46(54)68)29-39(74-5)42(37)65(50)19-9-8-18-64-41-36(57-49(64)59-47(69)43-40(52)30(3)61-66(43)7-2)26-33(45(53)67)28-38(41)72-25-11-17-62-20-22-63(23-21-62)51(71)73-24-10-12-32-13-15-55-16-14-32/h8-9,26-29,32,55H,6-7,10-25H2,1-5H3,(H2,53,67)(H2,54,68)(H,57,59,69)(H,58,60,70)/b9-8+. The summed E-state index contributed by atoms with van der Waals surface area (Å²) >= 11 is 2.68. The first-order valence-electron chi connectivity index (χ1n) is 25.3. The lowest BCUT2D eigenvalue weighted by Crippen LogP contribution is -2.49. The molecule has 4 aromatic heterocycles. The molecule has 400 valence electrons. The highest BCUT2D eigenvalue weighted by molar-refractivity contribution is 7.98. The van der Waals surface area contributed by atoms with Crippen molar-refractivity contribution in [2.24, 2.45) is 17.4 Å². The van der Waals surface area contributed by atoms with E-state index < -0.39 is 23.5 Å². The summed E-state index contributed by atoms with van der Waals surface area (Å²) < 4.78 is 32.3. The highest BCUT2D eigenvalue weighted by Crippen LogP contribution is 2.34. The van der Waals surface area contributed by atoms with E-state index in [1.807, 2.05) is 36.8 Å². The SMILES string of the molecule is CCc1nc(C)sc1C(=O)Nc1nc2cc(C(N)=O)cc(SC)c2n1C/C=C/Cn1c(NC(=O)c2c(F)c(C)nn2CC)nc2cc(C(N)=O)cc(OCCCN3CCN(C(=O)OCCCC4CCNCC4)CC3)c21. The van der Waals surface area contributed by atoms with Crippen molar-refractivity contribution in [1.29, 1.82) is 0 Å². The Morgan fingerprint density at radius 2 is 1.49 bits per heavy atom. The molecule has 0 aliphatic carbocycles. The fourth-order valence-electron chi connectivity index (χ4n) is 9.55. The average molecular weight is 1070 g/mol. The smallest absolute Gasteiger partial charge is 0.409 e. The number of nitrogens with zero attached hydrogens (tertiary/aromatic N) is 9. The van der Waals surface area contributed by atoms with Gasteiger partial charge in [-0.25, -0.2) is 24.1 Å². The number of thiazole rings is 1. The number of carbonyl (C=O) groups excluding carboxylic acids is 5. The van der Waals surface area contributed by atoms with Crippen molar-refractivity contribution in [3.8, 4) is 5.75 Å². The lowest BCUT2D eigenvalue weighted by molar-refractivity contribution is 0.0727. The summed E-state index contributed by atoms with van der Waals surface area (Å²) in [6.07, 6.45) is 10.7. The number of amides is 5. The van der Waals surface area contributed by atoms with Gasteiger partial charge < -0.3 is 40.3 Å². The zero-order valence-electron chi connectivity index (χ0n) is 43.0. The summed E-state index contributed by atoms with van der Waals surface area (Å²) in [7, 11) is 0. The molecule has 5 amide bonds. The Morgan fingerprint density at radius 1 is 0.853 bits per heavy atom. The third-order valence-corrected chi connectivity index (χ3v) is 15.2. The van der Waals surface area contributed by atoms with Crippen LogP contribution < -0.4 is 32.2 Å². The quantitative estimate of drug-likeness (QED) is 0.0282. The Morgan fingerprint density at radius 3 is 2.13 bits per heavy atom. The number of primary amides is 2. The van der Waals surface area contributed by atoms with Crippen LogP contribution in [0.25, 0.3) is 22.1 Å². The van der Waals surface area contributed by atoms with Crippen LogP contribution in [0.4, 0.5) is 21.1 Å². The van der Waals surface area contributed by atoms with E-state index in [9.17, 15) is 24.0 Å². The van der Waals surface area contributed by atoms with E-state index in [2.05, 4.69) is 30.9 Å². The molecule has 2 aliphatic rings. The lowest BCUT2D eigenvalue weighted by atomic mass is 9.93. The van der Waals surface area contributed by atoms with E-state index in [0.29, 0.717) is 90.1 Å². The number of anilines is 2. The van der Waals surface area contributed by atoms with E-state index in [0.717, 1.165) is 30.9 Å². The molecule has 6 aromatic rings. The molecule has 0 saturated carbocycles.